The second-order valence-corrected chi connectivity index (χ2v) is 4.66. The Kier molecular flexibility index (Phi) is 3.71. The summed E-state index contributed by atoms with van der Waals surface area (Å²) in [6.45, 7) is -0.235. The average molecular weight is 288 g/mol. The molecule has 0 aromatic heterocycles. The number of rotatable bonds is 2. The molecule has 102 valence electrons. The maximum Gasteiger partial charge on any atom is 0.267 e. The Hall–Kier alpha value is -1.69. The summed E-state index contributed by atoms with van der Waals surface area (Å²) < 4.78 is 26.1. The molecule has 4 nitrogen and oxygen atoms in total. The Morgan fingerprint density at radius 3 is 2.47 bits per heavy atom. The maximum absolute atomic E-state index is 13.0. The van der Waals surface area contributed by atoms with Gasteiger partial charge in [-0.15, -0.1) is 0 Å². The van der Waals surface area contributed by atoms with Crippen LogP contribution in [0.4, 0.5) is 14.5 Å². The monoisotopic (exact) mass is 287 g/mol. The van der Waals surface area contributed by atoms with Gasteiger partial charge in [0.25, 0.3) is 11.2 Å². The lowest BCUT2D eigenvalue weighted by Crippen LogP contribution is -2.36. The Balaban J connectivity index is 2.10. The number of alkyl halides is 2. The first kappa shape index (κ1) is 13.7. The van der Waals surface area contributed by atoms with Crippen LogP contribution in [-0.4, -0.2) is 35.1 Å². The number of hydrogen-bond acceptors (Lipinski definition) is 2. The number of hydrogen-bond donors (Lipinski definition) is 1. The van der Waals surface area contributed by atoms with E-state index in [0.717, 1.165) is 0 Å². The van der Waals surface area contributed by atoms with Crippen molar-refractivity contribution in [3.8, 4) is 0 Å². The Morgan fingerprint density at radius 2 is 2.00 bits per heavy atom. The zero-order valence-corrected chi connectivity index (χ0v) is 10.7. The van der Waals surface area contributed by atoms with Crippen LogP contribution < -0.4 is 5.73 Å². The molecule has 1 aliphatic heterocycles. The number of carbonyl (C=O) groups excluding carboxylic acids is 1. The first-order valence-electron chi connectivity index (χ1n) is 5.64. The lowest BCUT2D eigenvalue weighted by Gasteiger charge is -2.16. The van der Waals surface area contributed by atoms with Crippen LogP contribution in [0.15, 0.2) is 29.3 Å². The Morgan fingerprint density at radius 1 is 1.37 bits per heavy atom. The molecule has 0 aliphatic carbocycles. The van der Waals surface area contributed by atoms with Crippen molar-refractivity contribution in [2.45, 2.75) is 12.3 Å². The van der Waals surface area contributed by atoms with Gasteiger partial charge in [0.1, 0.15) is 0 Å². The molecule has 7 heteroatoms. The van der Waals surface area contributed by atoms with Gasteiger partial charge in [-0.2, -0.15) is 0 Å². The number of nitrogens with two attached hydrogens (primary N) is 1. The molecule has 0 bridgehead atoms. The summed E-state index contributed by atoms with van der Waals surface area (Å²) in [5, 5.41) is -0.567. The van der Waals surface area contributed by atoms with Crippen LogP contribution in [0, 0.1) is 0 Å². The molecule has 2 N–H and O–H groups in total. The van der Waals surface area contributed by atoms with Crippen LogP contribution in [0.2, 0.25) is 0 Å². The van der Waals surface area contributed by atoms with Gasteiger partial charge in [0.2, 0.25) is 0 Å². The highest BCUT2D eigenvalue weighted by Crippen LogP contribution is 2.27. The first-order chi connectivity index (χ1) is 8.87. The predicted octanol–water partition coefficient (Wildman–Crippen LogP) is 2.35. The highest BCUT2D eigenvalue weighted by atomic mass is 35.5. The normalized spacial score (nSPS) is 18.7. The van der Waals surface area contributed by atoms with E-state index in [2.05, 4.69) is 4.99 Å². The molecule has 1 aliphatic rings. The fourth-order valence-corrected chi connectivity index (χ4v) is 1.93. The molecule has 1 aromatic carbocycles. The number of benzene rings is 1. The van der Waals surface area contributed by atoms with E-state index in [4.69, 9.17) is 17.3 Å². The summed E-state index contributed by atoms with van der Waals surface area (Å²) in [5.41, 5.74) is 6.50. The summed E-state index contributed by atoms with van der Waals surface area (Å²) in [6, 6.07) is 6.10. The average Bonchev–Trinajstić information content (AvgIpc) is 2.70. The van der Waals surface area contributed by atoms with Crippen LogP contribution >= 0.6 is 11.6 Å². The van der Waals surface area contributed by atoms with Crippen LogP contribution in [-0.2, 0) is 0 Å². The number of nitrogens with zero attached hydrogens (tertiary/aromatic N) is 2. The highest BCUT2D eigenvalue weighted by Gasteiger charge is 2.39. The van der Waals surface area contributed by atoms with E-state index < -0.39 is 17.7 Å². The van der Waals surface area contributed by atoms with Crippen molar-refractivity contribution in [1.29, 1.82) is 0 Å². The molecule has 0 spiro atoms. The summed E-state index contributed by atoms with van der Waals surface area (Å²) in [6.07, 6.45) is -0.219. The van der Waals surface area contributed by atoms with Gasteiger partial charge in [0.15, 0.2) is 5.96 Å². The molecule has 0 amide bonds. The van der Waals surface area contributed by atoms with Crippen molar-refractivity contribution in [3.63, 3.8) is 0 Å². The van der Waals surface area contributed by atoms with Crippen LogP contribution in [0.25, 0.3) is 0 Å². The van der Waals surface area contributed by atoms with Gasteiger partial charge in [0.05, 0.1) is 12.2 Å². The Bertz CT molecular complexity index is 516. The van der Waals surface area contributed by atoms with Gasteiger partial charge >= 0.3 is 0 Å². The van der Waals surface area contributed by atoms with E-state index in [1.165, 1.54) is 17.0 Å². The number of halogens is 3. The molecule has 0 atom stereocenters. The third kappa shape index (κ3) is 3.41. The van der Waals surface area contributed by atoms with Crippen molar-refractivity contribution < 1.29 is 13.6 Å². The number of carbonyl (C=O) groups is 1. The van der Waals surface area contributed by atoms with Crippen LogP contribution in [0.3, 0.4) is 0 Å². The lowest BCUT2D eigenvalue weighted by molar-refractivity contribution is 0.0175. The lowest BCUT2D eigenvalue weighted by atomic mass is 10.2. The SMILES string of the molecule is NC(=Nc1ccc(C(=O)Cl)cc1)N1CCC(F)(F)C1. The van der Waals surface area contributed by atoms with Gasteiger partial charge < -0.3 is 10.6 Å². The highest BCUT2D eigenvalue weighted by molar-refractivity contribution is 6.67. The quantitative estimate of drug-likeness (QED) is 0.516. The van der Waals surface area contributed by atoms with Gasteiger partial charge in [-0.3, -0.25) is 4.79 Å². The molecule has 0 saturated carbocycles. The van der Waals surface area contributed by atoms with E-state index in [9.17, 15) is 13.6 Å². The minimum Gasteiger partial charge on any atom is -0.369 e. The zero-order chi connectivity index (χ0) is 14.0. The molecular weight excluding hydrogens is 276 g/mol. The summed E-state index contributed by atoms with van der Waals surface area (Å²) >= 11 is 5.31. The second kappa shape index (κ2) is 5.13. The smallest absolute Gasteiger partial charge is 0.267 e. The molecule has 1 heterocycles. The molecule has 1 fully saturated rings. The van der Waals surface area contributed by atoms with E-state index >= 15 is 0 Å². The van der Waals surface area contributed by atoms with Gasteiger partial charge in [0, 0.05) is 18.5 Å². The molecule has 1 aromatic rings. The summed E-state index contributed by atoms with van der Waals surface area (Å²) in [7, 11) is 0. The topological polar surface area (TPSA) is 58.7 Å². The molecule has 19 heavy (non-hydrogen) atoms. The second-order valence-electron chi connectivity index (χ2n) is 4.32. The van der Waals surface area contributed by atoms with Crippen molar-refractivity contribution in [2.75, 3.05) is 13.1 Å². The van der Waals surface area contributed by atoms with E-state index in [0.29, 0.717) is 11.3 Å². The molecule has 1 saturated heterocycles. The van der Waals surface area contributed by atoms with Crippen molar-refractivity contribution >= 4 is 28.5 Å². The molecule has 2 rings (SSSR count). The predicted molar refractivity (Wildman–Crippen MR) is 69.0 cm³/mol. The molecular formula is C12H12ClF2N3O. The third-order valence-electron chi connectivity index (χ3n) is 2.83. The van der Waals surface area contributed by atoms with E-state index in [-0.39, 0.29) is 18.9 Å². The van der Waals surface area contributed by atoms with Gasteiger partial charge in [-0.05, 0) is 35.9 Å². The summed E-state index contributed by atoms with van der Waals surface area (Å²) in [4.78, 5) is 16.2. The van der Waals surface area contributed by atoms with Crippen molar-refractivity contribution in [3.05, 3.63) is 29.8 Å². The molecule has 0 radical (unpaired) electrons. The Labute approximate surface area is 113 Å². The largest absolute Gasteiger partial charge is 0.369 e. The number of aliphatic imine (C=N–C) groups is 1. The minimum absolute atomic E-state index is 0.0436. The van der Waals surface area contributed by atoms with Crippen molar-refractivity contribution in [2.24, 2.45) is 10.7 Å². The van der Waals surface area contributed by atoms with E-state index in [1.54, 1.807) is 12.1 Å². The fraction of sp³-hybridized carbons (Fsp3) is 0.333. The summed E-state index contributed by atoms with van der Waals surface area (Å²) in [5.74, 6) is -2.67. The first-order valence-corrected chi connectivity index (χ1v) is 6.02. The van der Waals surface area contributed by atoms with E-state index in [1.807, 2.05) is 0 Å². The van der Waals surface area contributed by atoms with Crippen LogP contribution in [0.5, 0.6) is 0 Å². The third-order valence-corrected chi connectivity index (χ3v) is 3.05. The standard InChI is InChI=1S/C12H12ClF2N3O/c13-10(19)8-1-3-9(4-2-8)17-11(16)18-6-5-12(14,15)7-18/h1-4H,5-7H2,(H2,16,17). The van der Waals surface area contributed by atoms with Crippen molar-refractivity contribution in [1.82, 2.24) is 4.90 Å². The maximum atomic E-state index is 13.0. The fourth-order valence-electron chi connectivity index (χ4n) is 1.80. The zero-order valence-electron chi connectivity index (χ0n) is 9.94. The minimum atomic E-state index is -2.71. The van der Waals surface area contributed by atoms with Gasteiger partial charge in [-0.1, -0.05) is 0 Å². The molecule has 0 unspecified atom stereocenters. The number of likely N-dealkylation sites (tertiary alicyclic amines) is 1. The van der Waals surface area contributed by atoms with Crippen LogP contribution in [0.1, 0.15) is 16.8 Å². The number of guanidine groups is 1. The van der Waals surface area contributed by atoms with Gasteiger partial charge in [-0.25, -0.2) is 13.8 Å².